The molecule has 162 valence electrons. The van der Waals surface area contributed by atoms with Crippen molar-refractivity contribution < 1.29 is 9.47 Å². The van der Waals surface area contributed by atoms with E-state index < -0.39 is 0 Å². The van der Waals surface area contributed by atoms with E-state index in [1.807, 2.05) is 0 Å². The van der Waals surface area contributed by atoms with Gasteiger partial charge in [0.2, 0.25) is 5.90 Å². The lowest BCUT2D eigenvalue weighted by molar-refractivity contribution is 0.292. The monoisotopic (exact) mass is 423 g/mol. The number of benzene rings is 4. The van der Waals surface area contributed by atoms with Gasteiger partial charge in [-0.3, -0.25) is 0 Å². The standard InChI is InChI=1S/C29H29NO2/c1-17(2)24-16-32-29(30-24)27-23-13-9-7-11-21(23)15-25(31-5)28(27)26-18(3)14-20-10-6-8-12-22(20)19(26)4/h6-15,17,24H,16H2,1-5H3/t24-/m1/s1. The van der Waals surface area contributed by atoms with E-state index >= 15 is 0 Å². The number of aryl methyl sites for hydroxylation is 2. The lowest BCUT2D eigenvalue weighted by Crippen LogP contribution is -2.13. The first-order valence-corrected chi connectivity index (χ1v) is 11.3. The van der Waals surface area contributed by atoms with Crippen LogP contribution in [0.5, 0.6) is 5.75 Å². The summed E-state index contributed by atoms with van der Waals surface area (Å²) in [6.45, 7) is 9.40. The summed E-state index contributed by atoms with van der Waals surface area (Å²) in [7, 11) is 1.75. The summed E-state index contributed by atoms with van der Waals surface area (Å²) < 4.78 is 12.2. The van der Waals surface area contributed by atoms with Crippen LogP contribution in [0.15, 0.2) is 65.7 Å². The summed E-state index contributed by atoms with van der Waals surface area (Å²) in [5.74, 6) is 2.00. The molecule has 1 aliphatic heterocycles. The quantitative estimate of drug-likeness (QED) is 0.351. The summed E-state index contributed by atoms with van der Waals surface area (Å²) in [6, 6.07) is 21.6. The molecule has 4 aromatic carbocycles. The smallest absolute Gasteiger partial charge is 0.217 e. The van der Waals surface area contributed by atoms with Gasteiger partial charge in [-0.1, -0.05) is 68.4 Å². The van der Waals surface area contributed by atoms with E-state index in [9.17, 15) is 0 Å². The highest BCUT2D eigenvalue weighted by Crippen LogP contribution is 2.44. The Morgan fingerprint density at radius 2 is 1.53 bits per heavy atom. The second kappa shape index (κ2) is 7.98. The van der Waals surface area contributed by atoms with Gasteiger partial charge in [0, 0.05) is 5.56 Å². The fourth-order valence-corrected chi connectivity index (χ4v) is 4.91. The van der Waals surface area contributed by atoms with Gasteiger partial charge >= 0.3 is 0 Å². The Morgan fingerprint density at radius 1 is 0.875 bits per heavy atom. The second-order valence-electron chi connectivity index (χ2n) is 9.02. The van der Waals surface area contributed by atoms with E-state index in [0.717, 1.165) is 33.5 Å². The number of aliphatic imine (C=N–C) groups is 1. The maximum absolute atomic E-state index is 6.24. The number of nitrogens with zero attached hydrogens (tertiary/aromatic N) is 1. The summed E-state index contributed by atoms with van der Waals surface area (Å²) in [4.78, 5) is 5.03. The first-order valence-electron chi connectivity index (χ1n) is 11.3. The van der Waals surface area contributed by atoms with E-state index in [4.69, 9.17) is 14.5 Å². The SMILES string of the molecule is COc1cc2ccccc2c(C2=N[C@@H](C(C)C)CO2)c1-c1c(C)cc2ccccc2c1C. The summed E-state index contributed by atoms with van der Waals surface area (Å²) in [6.07, 6.45) is 0. The molecular formula is C29H29NO2. The molecule has 0 bridgehead atoms. The maximum atomic E-state index is 6.24. The summed E-state index contributed by atoms with van der Waals surface area (Å²) >= 11 is 0. The molecule has 1 heterocycles. The molecule has 1 aliphatic rings. The van der Waals surface area contributed by atoms with Crippen LogP contribution in [0.3, 0.4) is 0 Å². The average molecular weight is 424 g/mol. The van der Waals surface area contributed by atoms with Gasteiger partial charge < -0.3 is 9.47 Å². The minimum absolute atomic E-state index is 0.168. The molecule has 3 heteroatoms. The number of ether oxygens (including phenoxy) is 2. The van der Waals surface area contributed by atoms with Gasteiger partial charge in [0.05, 0.1) is 18.7 Å². The van der Waals surface area contributed by atoms with Gasteiger partial charge in [0.1, 0.15) is 12.4 Å². The van der Waals surface area contributed by atoms with Crippen LogP contribution in [0.25, 0.3) is 32.7 Å². The van der Waals surface area contributed by atoms with Crippen LogP contribution >= 0.6 is 0 Å². The first-order chi connectivity index (χ1) is 15.5. The third-order valence-electron chi connectivity index (χ3n) is 6.65. The Kier molecular flexibility index (Phi) is 5.13. The van der Waals surface area contributed by atoms with Crippen LogP contribution in [0, 0.1) is 19.8 Å². The minimum Gasteiger partial charge on any atom is -0.496 e. The number of hydrogen-bond donors (Lipinski definition) is 0. The predicted octanol–water partition coefficient (Wildman–Crippen LogP) is 7.09. The third kappa shape index (κ3) is 3.24. The Balaban J connectivity index is 1.90. The normalized spacial score (nSPS) is 15.9. The highest BCUT2D eigenvalue weighted by Gasteiger charge is 2.29. The Hall–Kier alpha value is -3.33. The van der Waals surface area contributed by atoms with E-state index in [0.29, 0.717) is 12.5 Å². The van der Waals surface area contributed by atoms with Gasteiger partial charge in [-0.2, -0.15) is 0 Å². The minimum atomic E-state index is 0.168. The number of hydrogen-bond acceptors (Lipinski definition) is 3. The molecule has 4 aromatic rings. The van der Waals surface area contributed by atoms with Crippen molar-refractivity contribution in [3.05, 3.63) is 77.4 Å². The molecule has 0 spiro atoms. The van der Waals surface area contributed by atoms with Crippen molar-refractivity contribution in [1.29, 1.82) is 0 Å². The van der Waals surface area contributed by atoms with Gasteiger partial charge in [-0.05, 0) is 64.1 Å². The molecule has 32 heavy (non-hydrogen) atoms. The van der Waals surface area contributed by atoms with Crippen LogP contribution < -0.4 is 4.74 Å². The molecule has 0 amide bonds. The van der Waals surface area contributed by atoms with Crippen molar-refractivity contribution in [2.45, 2.75) is 33.7 Å². The van der Waals surface area contributed by atoms with Crippen LogP contribution in [0.4, 0.5) is 0 Å². The first kappa shape index (κ1) is 20.6. The number of methoxy groups -OCH3 is 1. The summed E-state index contributed by atoms with van der Waals surface area (Å²) in [5, 5.41) is 4.77. The van der Waals surface area contributed by atoms with E-state index in [1.54, 1.807) is 7.11 Å². The molecule has 0 fully saturated rings. The zero-order chi connectivity index (χ0) is 22.4. The zero-order valence-corrected chi connectivity index (χ0v) is 19.4. The van der Waals surface area contributed by atoms with Gasteiger partial charge in [0.15, 0.2) is 0 Å². The molecule has 0 saturated heterocycles. The average Bonchev–Trinajstić information content (AvgIpc) is 3.28. The number of rotatable bonds is 4. The van der Waals surface area contributed by atoms with Crippen molar-refractivity contribution >= 4 is 27.4 Å². The zero-order valence-electron chi connectivity index (χ0n) is 19.4. The predicted molar refractivity (Wildman–Crippen MR) is 134 cm³/mol. The topological polar surface area (TPSA) is 30.8 Å². The number of fused-ring (bicyclic) bond motifs is 2. The molecular weight excluding hydrogens is 394 g/mol. The third-order valence-corrected chi connectivity index (χ3v) is 6.65. The van der Waals surface area contributed by atoms with Gasteiger partial charge in [-0.25, -0.2) is 4.99 Å². The Morgan fingerprint density at radius 3 is 2.19 bits per heavy atom. The van der Waals surface area contributed by atoms with Crippen molar-refractivity contribution in [3.63, 3.8) is 0 Å². The Bertz CT molecular complexity index is 1370. The molecule has 0 saturated carbocycles. The highest BCUT2D eigenvalue weighted by atomic mass is 16.5. The molecule has 0 unspecified atom stereocenters. The fraction of sp³-hybridized carbons (Fsp3) is 0.276. The summed E-state index contributed by atoms with van der Waals surface area (Å²) in [5.41, 5.74) is 5.75. The van der Waals surface area contributed by atoms with Crippen LogP contribution in [0.2, 0.25) is 0 Å². The maximum Gasteiger partial charge on any atom is 0.217 e. The lowest BCUT2D eigenvalue weighted by atomic mass is 9.86. The highest BCUT2D eigenvalue weighted by molar-refractivity contribution is 6.15. The molecule has 1 atom stereocenters. The van der Waals surface area contributed by atoms with Crippen molar-refractivity contribution in [1.82, 2.24) is 0 Å². The van der Waals surface area contributed by atoms with Crippen molar-refractivity contribution in [2.75, 3.05) is 13.7 Å². The molecule has 0 aliphatic carbocycles. The van der Waals surface area contributed by atoms with Crippen molar-refractivity contribution in [3.8, 4) is 16.9 Å². The van der Waals surface area contributed by atoms with Gasteiger partial charge in [-0.15, -0.1) is 0 Å². The largest absolute Gasteiger partial charge is 0.496 e. The van der Waals surface area contributed by atoms with E-state index in [2.05, 4.69) is 88.4 Å². The van der Waals surface area contributed by atoms with E-state index in [1.165, 1.54) is 27.5 Å². The van der Waals surface area contributed by atoms with Crippen LogP contribution in [-0.4, -0.2) is 25.7 Å². The Labute approximate surface area is 189 Å². The molecule has 0 N–H and O–H groups in total. The molecule has 5 rings (SSSR count). The molecule has 0 radical (unpaired) electrons. The lowest BCUT2D eigenvalue weighted by Gasteiger charge is -2.21. The van der Waals surface area contributed by atoms with Crippen LogP contribution in [-0.2, 0) is 4.74 Å². The van der Waals surface area contributed by atoms with E-state index in [-0.39, 0.29) is 6.04 Å². The molecule has 3 nitrogen and oxygen atoms in total. The second-order valence-corrected chi connectivity index (χ2v) is 9.02. The van der Waals surface area contributed by atoms with Gasteiger partial charge in [0.25, 0.3) is 0 Å². The fourth-order valence-electron chi connectivity index (χ4n) is 4.91. The molecule has 0 aromatic heterocycles. The van der Waals surface area contributed by atoms with Crippen molar-refractivity contribution in [2.24, 2.45) is 10.9 Å². The van der Waals surface area contributed by atoms with Crippen LogP contribution in [0.1, 0.15) is 30.5 Å².